The molecule has 0 amide bonds. The Kier molecular flexibility index (Phi) is 3.30. The zero-order valence-electron chi connectivity index (χ0n) is 13.7. The fraction of sp³-hybridized carbons (Fsp3) is 0.167. The molecule has 118 valence electrons. The van der Waals surface area contributed by atoms with Crippen LogP contribution in [0.1, 0.15) is 5.82 Å². The highest BCUT2D eigenvalue weighted by Crippen LogP contribution is 2.26. The van der Waals surface area contributed by atoms with Crippen molar-refractivity contribution in [3.05, 3.63) is 48.3 Å². The fourth-order valence-electron chi connectivity index (χ4n) is 2.63. The molecule has 0 saturated heterocycles. The standard InChI is InChI=1S/C18H16N6/c1-11-20-22-18(23-21-11)13-5-7-16-14(9-13)8-12-4-6-15(24(2)3)10-17(12)19-16/h4-10H,1-3H3. The number of aryl methyl sites for hydroxylation is 1. The van der Waals surface area contributed by atoms with E-state index >= 15 is 0 Å². The van der Waals surface area contributed by atoms with Crippen LogP contribution < -0.4 is 4.90 Å². The van der Waals surface area contributed by atoms with E-state index < -0.39 is 0 Å². The second-order valence-corrected chi connectivity index (χ2v) is 5.94. The van der Waals surface area contributed by atoms with Crippen molar-refractivity contribution in [1.82, 2.24) is 25.4 Å². The van der Waals surface area contributed by atoms with Crippen LogP contribution in [0.15, 0.2) is 42.5 Å². The van der Waals surface area contributed by atoms with E-state index in [4.69, 9.17) is 4.98 Å². The van der Waals surface area contributed by atoms with Gasteiger partial charge in [0.2, 0.25) is 5.82 Å². The van der Waals surface area contributed by atoms with E-state index in [1.54, 1.807) is 6.92 Å². The van der Waals surface area contributed by atoms with E-state index in [1.807, 2.05) is 32.3 Å². The average molecular weight is 316 g/mol. The van der Waals surface area contributed by atoms with E-state index in [2.05, 4.69) is 49.6 Å². The van der Waals surface area contributed by atoms with Gasteiger partial charge < -0.3 is 4.90 Å². The minimum Gasteiger partial charge on any atom is -0.378 e. The van der Waals surface area contributed by atoms with Gasteiger partial charge >= 0.3 is 0 Å². The van der Waals surface area contributed by atoms with Crippen LogP contribution in [0.5, 0.6) is 0 Å². The van der Waals surface area contributed by atoms with Crippen LogP contribution >= 0.6 is 0 Å². The highest BCUT2D eigenvalue weighted by atomic mass is 15.3. The third-order valence-corrected chi connectivity index (χ3v) is 3.95. The van der Waals surface area contributed by atoms with Gasteiger partial charge in [0.15, 0.2) is 5.82 Å². The van der Waals surface area contributed by atoms with Crippen molar-refractivity contribution in [2.45, 2.75) is 6.92 Å². The van der Waals surface area contributed by atoms with Gasteiger partial charge in [0.25, 0.3) is 0 Å². The number of pyridine rings is 1. The van der Waals surface area contributed by atoms with Crippen molar-refractivity contribution in [2.24, 2.45) is 0 Å². The van der Waals surface area contributed by atoms with Gasteiger partial charge in [-0.1, -0.05) is 6.07 Å². The monoisotopic (exact) mass is 316 g/mol. The summed E-state index contributed by atoms with van der Waals surface area (Å²) in [6.07, 6.45) is 0. The minimum atomic E-state index is 0.519. The van der Waals surface area contributed by atoms with E-state index in [9.17, 15) is 0 Å². The van der Waals surface area contributed by atoms with Crippen molar-refractivity contribution < 1.29 is 0 Å². The summed E-state index contributed by atoms with van der Waals surface area (Å²) in [6.45, 7) is 1.77. The summed E-state index contributed by atoms with van der Waals surface area (Å²) in [7, 11) is 4.05. The van der Waals surface area contributed by atoms with Crippen molar-refractivity contribution in [1.29, 1.82) is 0 Å². The average Bonchev–Trinajstić information content (AvgIpc) is 2.59. The first-order valence-corrected chi connectivity index (χ1v) is 7.66. The molecule has 2 aromatic carbocycles. The van der Waals surface area contributed by atoms with E-state index in [-0.39, 0.29) is 0 Å². The first kappa shape index (κ1) is 14.4. The van der Waals surface area contributed by atoms with Gasteiger partial charge in [-0.25, -0.2) is 4.98 Å². The van der Waals surface area contributed by atoms with Gasteiger partial charge in [-0.2, -0.15) is 0 Å². The predicted molar refractivity (Wildman–Crippen MR) is 94.9 cm³/mol. The Morgan fingerprint density at radius 3 is 2.29 bits per heavy atom. The van der Waals surface area contributed by atoms with Gasteiger partial charge in [-0.05, 0) is 43.3 Å². The Hall–Kier alpha value is -3.15. The van der Waals surface area contributed by atoms with Crippen molar-refractivity contribution in [3.63, 3.8) is 0 Å². The second kappa shape index (κ2) is 5.49. The molecule has 0 aliphatic heterocycles. The van der Waals surface area contributed by atoms with Gasteiger partial charge in [-0.15, -0.1) is 20.4 Å². The molecule has 0 fully saturated rings. The Balaban J connectivity index is 1.86. The quantitative estimate of drug-likeness (QED) is 0.530. The summed E-state index contributed by atoms with van der Waals surface area (Å²) >= 11 is 0. The number of aromatic nitrogens is 5. The van der Waals surface area contributed by atoms with Gasteiger partial charge in [0.05, 0.1) is 11.0 Å². The van der Waals surface area contributed by atoms with Crippen molar-refractivity contribution in [3.8, 4) is 11.4 Å². The number of nitrogens with zero attached hydrogens (tertiary/aromatic N) is 6. The van der Waals surface area contributed by atoms with Gasteiger partial charge in [0, 0.05) is 36.1 Å². The first-order chi connectivity index (χ1) is 11.6. The fourth-order valence-corrected chi connectivity index (χ4v) is 2.63. The van der Waals surface area contributed by atoms with Gasteiger partial charge in [-0.3, -0.25) is 0 Å². The van der Waals surface area contributed by atoms with Crippen LogP contribution in [0, 0.1) is 6.92 Å². The summed E-state index contributed by atoms with van der Waals surface area (Å²) in [5.74, 6) is 1.08. The van der Waals surface area contributed by atoms with Crippen molar-refractivity contribution in [2.75, 3.05) is 19.0 Å². The van der Waals surface area contributed by atoms with Crippen LogP contribution in [-0.2, 0) is 0 Å². The number of anilines is 1. The lowest BCUT2D eigenvalue weighted by Crippen LogP contribution is -2.08. The van der Waals surface area contributed by atoms with Crippen LogP contribution in [0.4, 0.5) is 5.69 Å². The zero-order chi connectivity index (χ0) is 16.7. The molecule has 4 rings (SSSR count). The van der Waals surface area contributed by atoms with E-state index in [0.29, 0.717) is 11.6 Å². The lowest BCUT2D eigenvalue weighted by Gasteiger charge is -2.13. The molecule has 2 heterocycles. The van der Waals surface area contributed by atoms with Crippen LogP contribution in [0.2, 0.25) is 0 Å². The molecule has 2 aromatic heterocycles. The molecule has 6 heteroatoms. The SMILES string of the molecule is Cc1nnc(-c2ccc3nc4cc(N(C)C)ccc4cc3c2)nn1. The summed E-state index contributed by atoms with van der Waals surface area (Å²) in [4.78, 5) is 6.84. The Morgan fingerprint density at radius 1 is 0.750 bits per heavy atom. The number of rotatable bonds is 2. The molecule has 4 aromatic rings. The highest BCUT2D eigenvalue weighted by Gasteiger charge is 2.07. The molecule has 6 nitrogen and oxygen atoms in total. The maximum atomic E-state index is 4.77. The molecule has 0 radical (unpaired) electrons. The largest absolute Gasteiger partial charge is 0.378 e. The first-order valence-electron chi connectivity index (χ1n) is 7.66. The predicted octanol–water partition coefficient (Wildman–Crippen LogP) is 3.01. The third-order valence-electron chi connectivity index (χ3n) is 3.95. The van der Waals surface area contributed by atoms with E-state index in [0.717, 1.165) is 33.1 Å². The molecule has 0 spiro atoms. The van der Waals surface area contributed by atoms with Crippen LogP contribution in [0.25, 0.3) is 33.2 Å². The number of fused-ring (bicyclic) bond motifs is 2. The smallest absolute Gasteiger partial charge is 0.203 e. The molecular formula is C18H16N6. The summed E-state index contributed by atoms with van der Waals surface area (Å²) in [5, 5.41) is 18.3. The lowest BCUT2D eigenvalue weighted by molar-refractivity contribution is 0.816. The molecule has 0 atom stereocenters. The molecular weight excluding hydrogens is 300 g/mol. The van der Waals surface area contributed by atoms with Crippen LogP contribution in [-0.4, -0.2) is 39.5 Å². The second-order valence-electron chi connectivity index (χ2n) is 5.94. The number of hydrogen-bond acceptors (Lipinski definition) is 6. The number of benzene rings is 2. The zero-order valence-corrected chi connectivity index (χ0v) is 13.7. The number of hydrogen-bond donors (Lipinski definition) is 0. The maximum Gasteiger partial charge on any atom is 0.203 e. The topological polar surface area (TPSA) is 67.7 Å². The van der Waals surface area contributed by atoms with Gasteiger partial charge in [0.1, 0.15) is 0 Å². The maximum absolute atomic E-state index is 4.77. The Bertz CT molecular complexity index is 1040. The highest BCUT2D eigenvalue weighted by molar-refractivity contribution is 5.95. The van der Waals surface area contributed by atoms with E-state index in [1.165, 1.54) is 0 Å². The summed E-state index contributed by atoms with van der Waals surface area (Å²) < 4.78 is 0. The molecule has 0 aliphatic rings. The Morgan fingerprint density at radius 2 is 1.54 bits per heavy atom. The van der Waals surface area contributed by atoms with Crippen LogP contribution in [0.3, 0.4) is 0 Å². The minimum absolute atomic E-state index is 0.519. The normalized spacial score (nSPS) is 11.1. The lowest BCUT2D eigenvalue weighted by atomic mass is 10.1. The Labute approximate surface area is 139 Å². The molecule has 0 bridgehead atoms. The third kappa shape index (κ3) is 2.52. The van der Waals surface area contributed by atoms with Crippen molar-refractivity contribution >= 4 is 27.5 Å². The summed E-state index contributed by atoms with van der Waals surface area (Å²) in [5.41, 5.74) is 3.94. The summed E-state index contributed by atoms with van der Waals surface area (Å²) in [6, 6.07) is 14.4. The molecule has 0 unspecified atom stereocenters. The molecule has 0 saturated carbocycles. The molecule has 24 heavy (non-hydrogen) atoms. The molecule has 0 aliphatic carbocycles. The molecule has 0 N–H and O–H groups in total.